The average Bonchev–Trinajstić information content (AvgIpc) is 2.68. The Hall–Kier alpha value is -3.10. The number of amides is 2. The summed E-state index contributed by atoms with van der Waals surface area (Å²) in [6.45, 7) is 8.57. The van der Waals surface area contributed by atoms with Gasteiger partial charge in [0.25, 0.3) is 0 Å². The van der Waals surface area contributed by atoms with Crippen LogP contribution < -0.4 is 10.6 Å². The smallest absolute Gasteiger partial charge is 0.408 e. The van der Waals surface area contributed by atoms with E-state index in [1.54, 1.807) is 39.8 Å². The fraction of sp³-hybridized carbons (Fsp3) is 0.545. The van der Waals surface area contributed by atoms with Crippen LogP contribution in [0.5, 0.6) is 0 Å². The van der Waals surface area contributed by atoms with Gasteiger partial charge in [0, 0.05) is 0 Å². The van der Waals surface area contributed by atoms with Gasteiger partial charge in [0.1, 0.15) is 24.3 Å². The standard InChI is InChI=1S/C22H32N2O7/c1-6-14(2)18(24-21(29)30-13-15-10-8-7-9-11-15)19(26)23-16(20(27)28)12-17(25)31-22(3,4)5/h7-11,14,16,18H,6,12-13H2,1-5H3,(H,23,26)(H,24,29)(H,27,28). The molecule has 3 N–H and O–H groups in total. The number of aliphatic carboxylic acids is 1. The van der Waals surface area contributed by atoms with Crippen LogP contribution in [0.3, 0.4) is 0 Å². The van der Waals surface area contributed by atoms with Crippen molar-refractivity contribution in [3.63, 3.8) is 0 Å². The first-order valence-corrected chi connectivity index (χ1v) is 10.1. The lowest BCUT2D eigenvalue weighted by Gasteiger charge is -2.25. The molecule has 0 aliphatic heterocycles. The van der Waals surface area contributed by atoms with Crippen molar-refractivity contribution >= 4 is 23.9 Å². The molecule has 0 saturated carbocycles. The number of hydrogen-bond donors (Lipinski definition) is 3. The van der Waals surface area contributed by atoms with Crippen molar-refractivity contribution < 1.29 is 33.8 Å². The summed E-state index contributed by atoms with van der Waals surface area (Å²) in [6.07, 6.45) is -0.798. The van der Waals surface area contributed by atoms with Crippen LogP contribution in [0.25, 0.3) is 0 Å². The van der Waals surface area contributed by atoms with Crippen LogP contribution in [0.4, 0.5) is 4.79 Å². The second kappa shape index (κ2) is 11.9. The lowest BCUT2D eigenvalue weighted by Crippen LogP contribution is -2.54. The van der Waals surface area contributed by atoms with Crippen LogP contribution >= 0.6 is 0 Å². The predicted molar refractivity (Wildman–Crippen MR) is 113 cm³/mol. The molecule has 2 amide bonds. The van der Waals surface area contributed by atoms with Gasteiger partial charge in [-0.15, -0.1) is 0 Å². The first-order valence-electron chi connectivity index (χ1n) is 10.1. The summed E-state index contributed by atoms with van der Waals surface area (Å²) in [5.41, 5.74) is -0.00139. The topological polar surface area (TPSA) is 131 Å². The van der Waals surface area contributed by atoms with Crippen LogP contribution in [0.1, 0.15) is 53.0 Å². The Balaban J connectivity index is 2.77. The summed E-state index contributed by atoms with van der Waals surface area (Å²) in [5, 5.41) is 14.2. The summed E-state index contributed by atoms with van der Waals surface area (Å²) in [4.78, 5) is 48.5. The predicted octanol–water partition coefficient (Wildman–Crippen LogP) is 2.63. The average molecular weight is 437 g/mol. The third-order valence-electron chi connectivity index (χ3n) is 4.39. The molecule has 31 heavy (non-hydrogen) atoms. The molecular weight excluding hydrogens is 404 g/mol. The Kier molecular flexibility index (Phi) is 9.98. The first kappa shape index (κ1) is 25.9. The number of carboxylic acid groups (broad SMARTS) is 1. The molecule has 9 heteroatoms. The molecule has 1 aromatic carbocycles. The molecule has 172 valence electrons. The molecule has 1 aromatic rings. The summed E-state index contributed by atoms with van der Waals surface area (Å²) < 4.78 is 10.3. The molecule has 0 saturated heterocycles. The zero-order chi connectivity index (χ0) is 23.6. The second-order valence-corrected chi connectivity index (χ2v) is 8.26. The van der Waals surface area contributed by atoms with E-state index >= 15 is 0 Å². The van der Waals surface area contributed by atoms with Gasteiger partial charge in [0.15, 0.2) is 0 Å². The van der Waals surface area contributed by atoms with E-state index in [0.29, 0.717) is 6.42 Å². The minimum atomic E-state index is -1.49. The number of alkyl carbamates (subject to hydrolysis) is 1. The van der Waals surface area contributed by atoms with E-state index < -0.39 is 48.0 Å². The highest BCUT2D eigenvalue weighted by molar-refractivity contribution is 5.91. The number of esters is 1. The van der Waals surface area contributed by atoms with Crippen molar-refractivity contribution in [2.24, 2.45) is 5.92 Å². The summed E-state index contributed by atoms with van der Waals surface area (Å²) in [5.74, 6) is -3.16. The van der Waals surface area contributed by atoms with Gasteiger partial charge < -0.3 is 25.2 Å². The molecule has 1 rings (SSSR count). The lowest BCUT2D eigenvalue weighted by molar-refractivity contribution is -0.158. The van der Waals surface area contributed by atoms with Gasteiger partial charge in [-0.2, -0.15) is 0 Å². The van der Waals surface area contributed by atoms with Crippen LogP contribution in [-0.4, -0.2) is 46.7 Å². The number of carbonyl (C=O) groups excluding carboxylic acids is 3. The van der Waals surface area contributed by atoms with Crippen molar-refractivity contribution in [1.29, 1.82) is 0 Å². The van der Waals surface area contributed by atoms with Gasteiger partial charge >= 0.3 is 18.0 Å². The molecule has 0 radical (unpaired) electrons. The number of nitrogens with one attached hydrogen (secondary N) is 2. The Morgan fingerprint density at radius 2 is 1.68 bits per heavy atom. The molecular formula is C22H32N2O7. The number of benzene rings is 1. The van der Waals surface area contributed by atoms with E-state index in [1.807, 2.05) is 25.1 Å². The highest BCUT2D eigenvalue weighted by Gasteiger charge is 2.32. The maximum absolute atomic E-state index is 12.7. The summed E-state index contributed by atoms with van der Waals surface area (Å²) in [7, 11) is 0. The van der Waals surface area contributed by atoms with Crippen molar-refractivity contribution in [1.82, 2.24) is 10.6 Å². The monoisotopic (exact) mass is 436 g/mol. The molecule has 0 spiro atoms. The fourth-order valence-electron chi connectivity index (χ4n) is 2.61. The number of rotatable bonds is 10. The zero-order valence-electron chi connectivity index (χ0n) is 18.6. The Morgan fingerprint density at radius 3 is 2.19 bits per heavy atom. The minimum absolute atomic E-state index is 0.0257. The summed E-state index contributed by atoms with van der Waals surface area (Å²) in [6, 6.07) is 6.51. The second-order valence-electron chi connectivity index (χ2n) is 8.26. The van der Waals surface area contributed by atoms with Gasteiger partial charge in [-0.25, -0.2) is 9.59 Å². The molecule has 0 bridgehead atoms. The maximum Gasteiger partial charge on any atom is 0.408 e. The van der Waals surface area contributed by atoms with Gasteiger partial charge in [0.2, 0.25) is 5.91 Å². The molecule has 0 aliphatic carbocycles. The minimum Gasteiger partial charge on any atom is -0.480 e. The normalized spacial score (nSPS) is 14.0. The fourth-order valence-corrected chi connectivity index (χ4v) is 2.61. The maximum atomic E-state index is 12.7. The SMILES string of the molecule is CCC(C)C(NC(=O)OCc1ccccc1)C(=O)NC(CC(=O)OC(C)(C)C)C(=O)O. The van der Waals surface area contributed by atoms with E-state index in [2.05, 4.69) is 10.6 Å². The van der Waals surface area contributed by atoms with E-state index in [-0.39, 0.29) is 12.5 Å². The molecule has 0 aromatic heterocycles. The van der Waals surface area contributed by atoms with Crippen molar-refractivity contribution in [2.75, 3.05) is 0 Å². The van der Waals surface area contributed by atoms with Gasteiger partial charge in [-0.1, -0.05) is 50.6 Å². The van der Waals surface area contributed by atoms with Crippen LogP contribution in [0.15, 0.2) is 30.3 Å². The number of hydrogen-bond acceptors (Lipinski definition) is 6. The number of carboxylic acids is 1. The molecule has 3 unspecified atom stereocenters. The van der Waals surface area contributed by atoms with Crippen molar-refractivity contribution in [3.8, 4) is 0 Å². The lowest BCUT2D eigenvalue weighted by atomic mass is 9.98. The van der Waals surface area contributed by atoms with Crippen LogP contribution in [-0.2, 0) is 30.5 Å². The molecule has 0 aliphatic rings. The van der Waals surface area contributed by atoms with E-state index in [1.165, 1.54) is 0 Å². The third kappa shape index (κ3) is 9.97. The van der Waals surface area contributed by atoms with Gasteiger partial charge in [-0.3, -0.25) is 9.59 Å². The highest BCUT2D eigenvalue weighted by atomic mass is 16.6. The number of ether oxygens (including phenoxy) is 2. The molecule has 0 fully saturated rings. The number of carbonyl (C=O) groups is 4. The Bertz CT molecular complexity index is 759. The van der Waals surface area contributed by atoms with Crippen LogP contribution in [0.2, 0.25) is 0 Å². The zero-order valence-corrected chi connectivity index (χ0v) is 18.6. The van der Waals surface area contributed by atoms with Crippen LogP contribution in [0, 0.1) is 5.92 Å². The molecule has 0 heterocycles. The van der Waals surface area contributed by atoms with E-state index in [4.69, 9.17) is 9.47 Å². The highest BCUT2D eigenvalue weighted by Crippen LogP contribution is 2.12. The van der Waals surface area contributed by atoms with Gasteiger partial charge in [0.05, 0.1) is 6.42 Å². The van der Waals surface area contributed by atoms with Gasteiger partial charge in [-0.05, 0) is 32.3 Å². The first-order chi connectivity index (χ1) is 14.4. The van der Waals surface area contributed by atoms with E-state index in [0.717, 1.165) is 5.56 Å². The Labute approximate surface area is 182 Å². The quantitative estimate of drug-likeness (QED) is 0.481. The largest absolute Gasteiger partial charge is 0.480 e. The summed E-state index contributed by atoms with van der Waals surface area (Å²) >= 11 is 0. The van der Waals surface area contributed by atoms with E-state index in [9.17, 15) is 24.3 Å². The van der Waals surface area contributed by atoms with Crippen molar-refractivity contribution in [2.45, 2.75) is 71.8 Å². The van der Waals surface area contributed by atoms with Crippen molar-refractivity contribution in [3.05, 3.63) is 35.9 Å². The Morgan fingerprint density at radius 1 is 1.06 bits per heavy atom. The third-order valence-corrected chi connectivity index (χ3v) is 4.39. The molecule has 9 nitrogen and oxygen atoms in total. The molecule has 3 atom stereocenters.